The maximum Gasteiger partial charge on any atom is 0.229 e. The van der Waals surface area contributed by atoms with Crippen molar-refractivity contribution >= 4 is 29.0 Å². The summed E-state index contributed by atoms with van der Waals surface area (Å²) in [7, 11) is 0. The summed E-state index contributed by atoms with van der Waals surface area (Å²) in [5.41, 5.74) is 5.56. The molecule has 1 saturated carbocycles. The molecule has 94 valence electrons. The number of thiocarbonyl (C=S) groups is 1. The zero-order valence-corrected chi connectivity index (χ0v) is 10.9. The molecule has 1 aliphatic heterocycles. The molecular formula is C12H18N2O2S. The van der Waals surface area contributed by atoms with Gasteiger partial charge in [0.25, 0.3) is 0 Å². The van der Waals surface area contributed by atoms with E-state index in [9.17, 15) is 9.59 Å². The number of hydrogen-bond acceptors (Lipinski definition) is 3. The zero-order valence-electron chi connectivity index (χ0n) is 10.1. The number of carbonyl (C=O) groups is 2. The lowest BCUT2D eigenvalue weighted by Gasteiger charge is -2.31. The fourth-order valence-corrected chi connectivity index (χ4v) is 2.78. The highest BCUT2D eigenvalue weighted by Gasteiger charge is 2.47. The van der Waals surface area contributed by atoms with E-state index in [0.717, 1.165) is 12.8 Å². The molecule has 0 atom stereocenters. The lowest BCUT2D eigenvalue weighted by Crippen LogP contribution is -2.46. The molecule has 2 aliphatic rings. The maximum absolute atomic E-state index is 11.8. The second-order valence-electron chi connectivity index (χ2n) is 5.53. The fraction of sp³-hybridized carbons (Fsp3) is 0.750. The van der Waals surface area contributed by atoms with Crippen molar-refractivity contribution < 1.29 is 9.59 Å². The smallest absolute Gasteiger partial charge is 0.229 e. The normalized spacial score (nSPS) is 23.9. The van der Waals surface area contributed by atoms with Crippen molar-refractivity contribution in [2.45, 2.75) is 39.0 Å². The van der Waals surface area contributed by atoms with E-state index in [4.69, 9.17) is 18.0 Å². The van der Waals surface area contributed by atoms with Crippen LogP contribution in [0.15, 0.2) is 0 Å². The summed E-state index contributed by atoms with van der Waals surface area (Å²) in [6.07, 6.45) is 3.63. The van der Waals surface area contributed by atoms with Crippen LogP contribution < -0.4 is 5.73 Å². The van der Waals surface area contributed by atoms with Crippen molar-refractivity contribution in [1.82, 2.24) is 4.90 Å². The number of hydrogen-bond donors (Lipinski definition) is 1. The molecule has 2 fully saturated rings. The topological polar surface area (TPSA) is 63.4 Å². The molecule has 1 aliphatic carbocycles. The zero-order chi connectivity index (χ0) is 12.6. The van der Waals surface area contributed by atoms with Gasteiger partial charge >= 0.3 is 0 Å². The number of piperidine rings is 1. The lowest BCUT2D eigenvalue weighted by atomic mass is 9.95. The van der Waals surface area contributed by atoms with Crippen molar-refractivity contribution in [2.75, 3.05) is 6.54 Å². The molecule has 4 nitrogen and oxygen atoms in total. The Bertz CT molecular complexity index is 359. The molecule has 2 amide bonds. The van der Waals surface area contributed by atoms with Crippen LogP contribution in [0.5, 0.6) is 0 Å². The first-order valence-corrected chi connectivity index (χ1v) is 6.44. The van der Waals surface area contributed by atoms with Gasteiger partial charge in [0.1, 0.15) is 0 Å². The van der Waals surface area contributed by atoms with E-state index in [1.165, 1.54) is 4.90 Å². The van der Waals surface area contributed by atoms with Crippen LogP contribution in [0, 0.1) is 11.3 Å². The van der Waals surface area contributed by atoms with Gasteiger partial charge in [-0.3, -0.25) is 14.5 Å². The summed E-state index contributed by atoms with van der Waals surface area (Å²) in [5, 5.41) is 0. The van der Waals surface area contributed by atoms with Gasteiger partial charge in [-0.05, 0) is 24.2 Å². The van der Waals surface area contributed by atoms with Gasteiger partial charge < -0.3 is 5.73 Å². The first-order chi connectivity index (χ1) is 7.92. The second kappa shape index (κ2) is 4.37. The van der Waals surface area contributed by atoms with Gasteiger partial charge in [0.15, 0.2) is 0 Å². The van der Waals surface area contributed by atoms with E-state index in [-0.39, 0.29) is 23.1 Å². The van der Waals surface area contributed by atoms with Crippen LogP contribution in [0.1, 0.15) is 39.0 Å². The van der Waals surface area contributed by atoms with Crippen LogP contribution in [0.3, 0.4) is 0 Å². The Balaban J connectivity index is 2.01. The van der Waals surface area contributed by atoms with E-state index < -0.39 is 0 Å². The maximum atomic E-state index is 11.8. The summed E-state index contributed by atoms with van der Waals surface area (Å²) in [6.45, 7) is 2.45. The standard InChI is InChI=1S/C12H18N2O2S/c1-8-4-10(15)14(11(16)5-8)7-12(2-3-12)6-9(13)17/h8H,2-7H2,1H3,(H2,13,17). The minimum Gasteiger partial charge on any atom is -0.393 e. The first-order valence-electron chi connectivity index (χ1n) is 6.03. The van der Waals surface area contributed by atoms with Crippen molar-refractivity contribution in [3.63, 3.8) is 0 Å². The Hall–Kier alpha value is -0.970. The Morgan fingerprint density at radius 3 is 2.35 bits per heavy atom. The van der Waals surface area contributed by atoms with E-state index in [1.54, 1.807) is 0 Å². The molecule has 0 bridgehead atoms. The van der Waals surface area contributed by atoms with Crippen molar-refractivity contribution in [3.05, 3.63) is 0 Å². The van der Waals surface area contributed by atoms with Gasteiger partial charge in [0, 0.05) is 25.8 Å². The molecule has 0 aromatic carbocycles. The summed E-state index contributed by atoms with van der Waals surface area (Å²) in [4.78, 5) is 25.6. The average Bonchev–Trinajstić information content (AvgIpc) is 2.91. The van der Waals surface area contributed by atoms with Crippen molar-refractivity contribution in [1.29, 1.82) is 0 Å². The number of likely N-dealkylation sites (tertiary alicyclic amines) is 1. The fourth-order valence-electron chi connectivity index (χ4n) is 2.48. The minimum atomic E-state index is -0.0389. The predicted octanol–water partition coefficient (Wildman–Crippen LogP) is 1.23. The van der Waals surface area contributed by atoms with Crippen LogP contribution in [-0.2, 0) is 9.59 Å². The van der Waals surface area contributed by atoms with Gasteiger partial charge in [0.2, 0.25) is 11.8 Å². The molecular weight excluding hydrogens is 236 g/mol. The highest BCUT2D eigenvalue weighted by Crippen LogP contribution is 2.49. The third-order valence-corrected chi connectivity index (χ3v) is 3.79. The van der Waals surface area contributed by atoms with Crippen LogP contribution >= 0.6 is 12.2 Å². The molecule has 0 aromatic rings. The number of amides is 2. The highest BCUT2D eigenvalue weighted by molar-refractivity contribution is 7.80. The second-order valence-corrected chi connectivity index (χ2v) is 6.05. The van der Waals surface area contributed by atoms with Gasteiger partial charge in [0.05, 0.1) is 4.99 Å². The monoisotopic (exact) mass is 254 g/mol. The number of carbonyl (C=O) groups excluding carboxylic acids is 2. The van der Waals surface area contributed by atoms with Gasteiger partial charge in [-0.2, -0.15) is 0 Å². The van der Waals surface area contributed by atoms with Crippen LogP contribution in [-0.4, -0.2) is 28.2 Å². The summed E-state index contributed by atoms with van der Waals surface area (Å²) < 4.78 is 0. The number of imide groups is 1. The average molecular weight is 254 g/mol. The summed E-state index contributed by atoms with van der Waals surface area (Å²) in [6, 6.07) is 0. The van der Waals surface area contributed by atoms with E-state index in [1.807, 2.05) is 6.92 Å². The molecule has 1 heterocycles. The van der Waals surface area contributed by atoms with Gasteiger partial charge in [-0.1, -0.05) is 19.1 Å². The van der Waals surface area contributed by atoms with Crippen LogP contribution in [0.2, 0.25) is 0 Å². The van der Waals surface area contributed by atoms with Crippen molar-refractivity contribution in [2.24, 2.45) is 17.1 Å². The molecule has 0 radical (unpaired) electrons. The molecule has 1 saturated heterocycles. The Morgan fingerprint density at radius 1 is 1.41 bits per heavy atom. The molecule has 2 N–H and O–H groups in total. The molecule has 0 unspecified atom stereocenters. The molecule has 0 aromatic heterocycles. The Labute approximate surface area is 107 Å². The molecule has 5 heteroatoms. The van der Waals surface area contributed by atoms with Gasteiger partial charge in [-0.15, -0.1) is 0 Å². The third kappa shape index (κ3) is 2.83. The minimum absolute atomic E-state index is 0.00225. The Kier molecular flexibility index (Phi) is 3.21. The third-order valence-electron chi connectivity index (χ3n) is 3.65. The quantitative estimate of drug-likeness (QED) is 0.605. The van der Waals surface area contributed by atoms with Crippen LogP contribution in [0.25, 0.3) is 0 Å². The summed E-state index contributed by atoms with van der Waals surface area (Å²) >= 11 is 4.92. The number of rotatable bonds is 4. The van der Waals surface area contributed by atoms with Gasteiger partial charge in [-0.25, -0.2) is 0 Å². The Morgan fingerprint density at radius 2 is 1.94 bits per heavy atom. The van der Waals surface area contributed by atoms with E-state index >= 15 is 0 Å². The number of nitrogens with zero attached hydrogens (tertiary/aromatic N) is 1. The predicted molar refractivity (Wildman–Crippen MR) is 68.2 cm³/mol. The summed E-state index contributed by atoms with van der Waals surface area (Å²) in [5.74, 6) is 0.0999. The van der Waals surface area contributed by atoms with Crippen molar-refractivity contribution in [3.8, 4) is 0 Å². The van der Waals surface area contributed by atoms with Crippen LogP contribution in [0.4, 0.5) is 0 Å². The van der Waals surface area contributed by atoms with E-state index in [2.05, 4.69) is 0 Å². The highest BCUT2D eigenvalue weighted by atomic mass is 32.1. The molecule has 2 rings (SSSR count). The SMILES string of the molecule is CC1CC(=O)N(CC2(CC(N)=S)CC2)C(=O)C1. The molecule has 0 spiro atoms. The lowest BCUT2D eigenvalue weighted by molar-refractivity contribution is -0.150. The van der Waals surface area contributed by atoms with E-state index in [0.29, 0.717) is 30.8 Å². The number of nitrogens with two attached hydrogens (primary N) is 1. The first kappa shape index (κ1) is 12.5. The largest absolute Gasteiger partial charge is 0.393 e. The molecule has 17 heavy (non-hydrogen) atoms.